The van der Waals surface area contributed by atoms with Crippen LogP contribution in [0.4, 0.5) is 0 Å². The number of rotatable bonds is 2. The zero-order valence-corrected chi connectivity index (χ0v) is 9.19. The molecule has 2 rings (SSSR count). The van der Waals surface area contributed by atoms with Crippen LogP contribution >= 0.6 is 0 Å². The van der Waals surface area contributed by atoms with Gasteiger partial charge < -0.3 is 4.98 Å². The van der Waals surface area contributed by atoms with E-state index >= 15 is 0 Å². The molecule has 82 valence electrons. The Balaban J connectivity index is 2.60. The zero-order chi connectivity index (χ0) is 11.5. The van der Waals surface area contributed by atoms with Crippen molar-refractivity contribution in [3.63, 3.8) is 0 Å². The second-order valence-corrected chi connectivity index (χ2v) is 3.41. The molecule has 0 aromatic carbocycles. The Morgan fingerprint density at radius 3 is 2.62 bits per heavy atom. The highest BCUT2D eigenvalue weighted by atomic mass is 16.1. The van der Waals surface area contributed by atoms with E-state index in [0.29, 0.717) is 17.2 Å². The summed E-state index contributed by atoms with van der Waals surface area (Å²) in [6.45, 7) is 3.73. The lowest BCUT2D eigenvalue weighted by Gasteiger charge is -2.04. The number of H-pyrrole nitrogens is 1. The first kappa shape index (κ1) is 10.5. The smallest absolute Gasteiger partial charge is 0.254 e. The van der Waals surface area contributed by atoms with Crippen molar-refractivity contribution in [2.45, 2.75) is 20.3 Å². The molecule has 2 aromatic rings. The van der Waals surface area contributed by atoms with Gasteiger partial charge in [0.15, 0.2) is 11.6 Å². The molecule has 0 atom stereocenters. The SMILES string of the molecule is CCc1nc(-c2ncccn2)[nH]c(=O)c1C. The molecule has 0 fully saturated rings. The summed E-state index contributed by atoms with van der Waals surface area (Å²) in [7, 11) is 0. The van der Waals surface area contributed by atoms with Gasteiger partial charge in [0.25, 0.3) is 5.56 Å². The van der Waals surface area contributed by atoms with Crippen LogP contribution in [0.15, 0.2) is 23.3 Å². The number of aromatic amines is 1. The lowest BCUT2D eigenvalue weighted by Crippen LogP contribution is -2.16. The molecule has 0 bridgehead atoms. The number of hydrogen-bond acceptors (Lipinski definition) is 4. The summed E-state index contributed by atoms with van der Waals surface area (Å²) in [4.78, 5) is 26.8. The normalized spacial score (nSPS) is 10.4. The van der Waals surface area contributed by atoms with Crippen LogP contribution in [0.2, 0.25) is 0 Å². The zero-order valence-electron chi connectivity index (χ0n) is 9.19. The number of hydrogen-bond donors (Lipinski definition) is 1. The molecule has 0 unspecified atom stereocenters. The van der Waals surface area contributed by atoms with E-state index in [0.717, 1.165) is 12.1 Å². The molecule has 5 nitrogen and oxygen atoms in total. The van der Waals surface area contributed by atoms with Crippen LogP contribution in [0.25, 0.3) is 11.6 Å². The van der Waals surface area contributed by atoms with E-state index in [-0.39, 0.29) is 5.56 Å². The first-order chi connectivity index (χ1) is 7.72. The van der Waals surface area contributed by atoms with Crippen molar-refractivity contribution >= 4 is 0 Å². The number of aromatic nitrogens is 4. The van der Waals surface area contributed by atoms with Crippen molar-refractivity contribution in [1.29, 1.82) is 0 Å². The summed E-state index contributed by atoms with van der Waals surface area (Å²) in [5, 5.41) is 0. The Kier molecular flexibility index (Phi) is 2.76. The van der Waals surface area contributed by atoms with Gasteiger partial charge in [-0.25, -0.2) is 15.0 Å². The fraction of sp³-hybridized carbons (Fsp3) is 0.273. The summed E-state index contributed by atoms with van der Waals surface area (Å²) in [5.74, 6) is 0.863. The van der Waals surface area contributed by atoms with E-state index in [9.17, 15) is 4.79 Å². The summed E-state index contributed by atoms with van der Waals surface area (Å²) >= 11 is 0. The van der Waals surface area contributed by atoms with Crippen molar-refractivity contribution in [3.8, 4) is 11.6 Å². The fourth-order valence-electron chi connectivity index (χ4n) is 1.45. The molecule has 0 spiro atoms. The minimum atomic E-state index is -0.130. The largest absolute Gasteiger partial charge is 0.304 e. The Morgan fingerprint density at radius 1 is 1.31 bits per heavy atom. The van der Waals surface area contributed by atoms with E-state index in [1.807, 2.05) is 6.92 Å². The number of aryl methyl sites for hydroxylation is 1. The van der Waals surface area contributed by atoms with Crippen LogP contribution in [0, 0.1) is 6.92 Å². The molecule has 0 aliphatic rings. The topological polar surface area (TPSA) is 71.5 Å². The van der Waals surface area contributed by atoms with Crippen molar-refractivity contribution in [2.24, 2.45) is 0 Å². The maximum absolute atomic E-state index is 11.6. The highest BCUT2D eigenvalue weighted by molar-refractivity contribution is 5.42. The molecular formula is C11H12N4O. The van der Waals surface area contributed by atoms with Crippen LogP contribution in [0.5, 0.6) is 0 Å². The van der Waals surface area contributed by atoms with Crippen LogP contribution in [0.3, 0.4) is 0 Å². The highest BCUT2D eigenvalue weighted by Gasteiger charge is 2.08. The molecule has 5 heteroatoms. The van der Waals surface area contributed by atoms with Crippen LogP contribution < -0.4 is 5.56 Å². The van der Waals surface area contributed by atoms with Gasteiger partial charge in [-0.1, -0.05) is 6.92 Å². The second-order valence-electron chi connectivity index (χ2n) is 3.41. The average Bonchev–Trinajstić information content (AvgIpc) is 2.33. The molecule has 0 aliphatic heterocycles. The Labute approximate surface area is 92.6 Å². The fourth-order valence-corrected chi connectivity index (χ4v) is 1.45. The predicted octanol–water partition coefficient (Wildman–Crippen LogP) is 1.10. The quantitative estimate of drug-likeness (QED) is 0.815. The van der Waals surface area contributed by atoms with Gasteiger partial charge in [-0.15, -0.1) is 0 Å². The summed E-state index contributed by atoms with van der Waals surface area (Å²) < 4.78 is 0. The molecular weight excluding hydrogens is 204 g/mol. The standard InChI is InChI=1S/C11H12N4O/c1-3-8-7(2)11(16)15-10(14-8)9-12-5-4-6-13-9/h4-6H,3H2,1-2H3,(H,14,15,16). The molecule has 16 heavy (non-hydrogen) atoms. The average molecular weight is 216 g/mol. The minimum Gasteiger partial charge on any atom is -0.304 e. The monoisotopic (exact) mass is 216 g/mol. The number of nitrogens with one attached hydrogen (secondary N) is 1. The molecule has 0 amide bonds. The van der Waals surface area contributed by atoms with Gasteiger partial charge in [0, 0.05) is 18.0 Å². The summed E-state index contributed by atoms with van der Waals surface area (Å²) in [6, 6.07) is 1.72. The molecule has 0 saturated carbocycles. The van der Waals surface area contributed by atoms with Crippen LogP contribution in [-0.2, 0) is 6.42 Å². The lowest BCUT2D eigenvalue weighted by atomic mass is 10.2. The first-order valence-electron chi connectivity index (χ1n) is 5.09. The third kappa shape index (κ3) is 1.84. The number of nitrogens with zero attached hydrogens (tertiary/aromatic N) is 3. The second kappa shape index (κ2) is 4.22. The molecule has 0 radical (unpaired) electrons. The van der Waals surface area contributed by atoms with Crippen LogP contribution in [0.1, 0.15) is 18.2 Å². The first-order valence-corrected chi connectivity index (χ1v) is 5.09. The molecule has 0 aliphatic carbocycles. The van der Waals surface area contributed by atoms with Gasteiger partial charge in [-0.05, 0) is 19.4 Å². The van der Waals surface area contributed by atoms with Gasteiger partial charge >= 0.3 is 0 Å². The van der Waals surface area contributed by atoms with Gasteiger partial charge in [0.2, 0.25) is 0 Å². The van der Waals surface area contributed by atoms with Crippen LogP contribution in [-0.4, -0.2) is 19.9 Å². The highest BCUT2D eigenvalue weighted by Crippen LogP contribution is 2.08. The summed E-state index contributed by atoms with van der Waals surface area (Å²) in [6.07, 6.45) is 3.96. The van der Waals surface area contributed by atoms with Crippen molar-refractivity contribution in [2.75, 3.05) is 0 Å². The van der Waals surface area contributed by atoms with Gasteiger partial charge in [-0.3, -0.25) is 4.79 Å². The minimum absolute atomic E-state index is 0.130. The maximum atomic E-state index is 11.6. The van der Waals surface area contributed by atoms with E-state index < -0.39 is 0 Å². The maximum Gasteiger partial charge on any atom is 0.254 e. The van der Waals surface area contributed by atoms with E-state index in [1.54, 1.807) is 25.4 Å². The third-order valence-corrected chi connectivity index (χ3v) is 2.36. The van der Waals surface area contributed by atoms with E-state index in [4.69, 9.17) is 0 Å². The Bertz CT molecular complexity index is 548. The molecule has 1 N–H and O–H groups in total. The van der Waals surface area contributed by atoms with Gasteiger partial charge in [0.1, 0.15) is 0 Å². The molecule has 2 aromatic heterocycles. The van der Waals surface area contributed by atoms with Gasteiger partial charge in [-0.2, -0.15) is 0 Å². The third-order valence-electron chi connectivity index (χ3n) is 2.36. The van der Waals surface area contributed by atoms with Crippen molar-refractivity contribution < 1.29 is 0 Å². The Hall–Kier alpha value is -2.04. The predicted molar refractivity (Wildman–Crippen MR) is 60.0 cm³/mol. The van der Waals surface area contributed by atoms with Crippen molar-refractivity contribution in [3.05, 3.63) is 40.1 Å². The lowest BCUT2D eigenvalue weighted by molar-refractivity contribution is 0.939. The Morgan fingerprint density at radius 2 is 2.00 bits per heavy atom. The molecule has 2 heterocycles. The van der Waals surface area contributed by atoms with E-state index in [1.165, 1.54) is 0 Å². The summed E-state index contributed by atoms with van der Waals surface area (Å²) in [5.41, 5.74) is 1.31. The van der Waals surface area contributed by atoms with Gasteiger partial charge in [0.05, 0.1) is 5.69 Å². The van der Waals surface area contributed by atoms with Crippen molar-refractivity contribution in [1.82, 2.24) is 19.9 Å². The molecule has 0 saturated heterocycles. The van der Waals surface area contributed by atoms with E-state index in [2.05, 4.69) is 19.9 Å².